The van der Waals surface area contributed by atoms with E-state index < -0.39 is 0 Å². The minimum atomic E-state index is 0.760. The molecule has 1 saturated heterocycles. The summed E-state index contributed by atoms with van der Waals surface area (Å²) >= 11 is 0. The van der Waals surface area contributed by atoms with E-state index in [1.807, 2.05) is 7.05 Å². The van der Waals surface area contributed by atoms with Crippen LogP contribution in [-0.4, -0.2) is 37.6 Å². The van der Waals surface area contributed by atoms with Gasteiger partial charge in [0.15, 0.2) is 0 Å². The van der Waals surface area contributed by atoms with Crippen molar-refractivity contribution < 1.29 is 0 Å². The summed E-state index contributed by atoms with van der Waals surface area (Å²) < 4.78 is 0. The summed E-state index contributed by atoms with van der Waals surface area (Å²) in [7, 11) is 2.03. The number of nitrogens with one attached hydrogen (secondary N) is 1. The van der Waals surface area contributed by atoms with Crippen LogP contribution in [0.15, 0.2) is 0 Å². The van der Waals surface area contributed by atoms with Crippen LogP contribution in [0.3, 0.4) is 0 Å². The van der Waals surface area contributed by atoms with Crippen molar-refractivity contribution >= 4 is 0 Å². The molecule has 1 heterocycles. The molecule has 0 spiro atoms. The highest BCUT2D eigenvalue weighted by Crippen LogP contribution is 2.16. The average Bonchev–Trinajstić information content (AvgIpc) is 1.84. The van der Waals surface area contributed by atoms with Gasteiger partial charge in [-0.3, -0.25) is 0 Å². The Balaban J connectivity index is 2.21. The van der Waals surface area contributed by atoms with Crippen LogP contribution in [-0.2, 0) is 0 Å². The van der Waals surface area contributed by atoms with E-state index in [1.54, 1.807) is 0 Å². The fraction of sp³-hybridized carbons (Fsp3) is 1.00. The molecule has 2 atom stereocenters. The van der Waals surface area contributed by atoms with Crippen LogP contribution in [0.2, 0.25) is 0 Å². The molecule has 2 nitrogen and oxygen atoms in total. The van der Waals surface area contributed by atoms with Crippen molar-refractivity contribution in [3.8, 4) is 0 Å². The quantitative estimate of drug-likeness (QED) is 0.651. The first-order valence-electron chi connectivity index (χ1n) is 4.64. The molecule has 0 aromatic carbocycles. The van der Waals surface area contributed by atoms with E-state index in [4.69, 9.17) is 0 Å². The van der Waals surface area contributed by atoms with Crippen LogP contribution < -0.4 is 5.32 Å². The maximum Gasteiger partial charge on any atom is 0.0105 e. The third kappa shape index (κ3) is 2.17. The maximum atomic E-state index is 3.22. The van der Waals surface area contributed by atoms with Gasteiger partial charge in [-0.25, -0.2) is 0 Å². The van der Waals surface area contributed by atoms with E-state index >= 15 is 0 Å². The zero-order valence-electron chi connectivity index (χ0n) is 7.93. The van der Waals surface area contributed by atoms with Crippen LogP contribution in [0.25, 0.3) is 0 Å². The predicted octanol–water partition coefficient (Wildman–Crippen LogP) is 0.936. The summed E-state index contributed by atoms with van der Waals surface area (Å²) in [6.07, 6.45) is 1.40. The lowest BCUT2D eigenvalue weighted by Crippen LogP contribution is -2.48. The molecule has 0 amide bonds. The summed E-state index contributed by atoms with van der Waals surface area (Å²) in [5, 5.41) is 3.22. The monoisotopic (exact) mass is 156 g/mol. The van der Waals surface area contributed by atoms with Crippen molar-refractivity contribution in [2.45, 2.75) is 26.3 Å². The van der Waals surface area contributed by atoms with Gasteiger partial charge in [0, 0.05) is 6.04 Å². The first-order valence-corrected chi connectivity index (χ1v) is 4.64. The Morgan fingerprint density at radius 3 is 2.36 bits per heavy atom. The number of nitrogens with zero attached hydrogens (tertiary/aromatic N) is 1. The van der Waals surface area contributed by atoms with Crippen molar-refractivity contribution in [1.29, 1.82) is 0 Å². The summed E-state index contributed by atoms with van der Waals surface area (Å²) in [6, 6.07) is 0.760. The molecular formula is C9H20N2. The molecule has 0 saturated carbocycles. The van der Waals surface area contributed by atoms with E-state index in [0.29, 0.717) is 0 Å². The van der Waals surface area contributed by atoms with Gasteiger partial charge in [-0.1, -0.05) is 6.92 Å². The van der Waals surface area contributed by atoms with Gasteiger partial charge in [-0.2, -0.15) is 0 Å². The summed E-state index contributed by atoms with van der Waals surface area (Å²) in [6.45, 7) is 8.42. The number of rotatable bonds is 4. The first kappa shape index (κ1) is 9.01. The standard InChI is InChI=1S/C9H20N2/c1-8(7-10-3)9(2)11-5-4-6-11/h8-10H,4-7H2,1-3H3. The molecule has 0 radical (unpaired) electrons. The SMILES string of the molecule is CNCC(C)C(C)N1CCC1. The van der Waals surface area contributed by atoms with Gasteiger partial charge in [-0.15, -0.1) is 0 Å². The van der Waals surface area contributed by atoms with Gasteiger partial charge in [0.2, 0.25) is 0 Å². The Morgan fingerprint density at radius 2 is 2.00 bits per heavy atom. The van der Waals surface area contributed by atoms with Crippen LogP contribution >= 0.6 is 0 Å². The van der Waals surface area contributed by atoms with Gasteiger partial charge in [0.05, 0.1) is 0 Å². The molecule has 2 unspecified atom stereocenters. The van der Waals surface area contributed by atoms with Gasteiger partial charge in [0.25, 0.3) is 0 Å². The second-order valence-electron chi connectivity index (χ2n) is 3.67. The zero-order valence-corrected chi connectivity index (χ0v) is 7.93. The Labute approximate surface area is 70.0 Å². The molecule has 1 rings (SSSR count). The number of hydrogen-bond acceptors (Lipinski definition) is 2. The molecule has 0 aromatic rings. The minimum Gasteiger partial charge on any atom is -0.319 e. The smallest absolute Gasteiger partial charge is 0.0105 e. The van der Waals surface area contributed by atoms with E-state index in [0.717, 1.165) is 18.5 Å². The number of likely N-dealkylation sites (tertiary alicyclic amines) is 1. The maximum absolute atomic E-state index is 3.22. The lowest BCUT2D eigenvalue weighted by molar-refractivity contribution is 0.0941. The summed E-state index contributed by atoms with van der Waals surface area (Å²) in [5.41, 5.74) is 0. The molecule has 0 bridgehead atoms. The largest absolute Gasteiger partial charge is 0.319 e. The molecule has 1 aliphatic rings. The highest BCUT2D eigenvalue weighted by atomic mass is 15.2. The van der Waals surface area contributed by atoms with Crippen LogP contribution in [0, 0.1) is 5.92 Å². The van der Waals surface area contributed by atoms with Crippen molar-refractivity contribution in [3.05, 3.63) is 0 Å². The second kappa shape index (κ2) is 4.07. The molecule has 0 aromatic heterocycles. The molecule has 66 valence electrons. The fourth-order valence-electron chi connectivity index (χ4n) is 1.60. The Kier molecular flexibility index (Phi) is 3.34. The molecule has 2 heteroatoms. The fourth-order valence-corrected chi connectivity index (χ4v) is 1.60. The normalized spacial score (nSPS) is 24.3. The van der Waals surface area contributed by atoms with Crippen molar-refractivity contribution in [3.63, 3.8) is 0 Å². The minimum absolute atomic E-state index is 0.760. The summed E-state index contributed by atoms with van der Waals surface area (Å²) in [5.74, 6) is 0.778. The van der Waals surface area contributed by atoms with E-state index in [1.165, 1.54) is 19.5 Å². The van der Waals surface area contributed by atoms with Crippen molar-refractivity contribution in [1.82, 2.24) is 10.2 Å². The van der Waals surface area contributed by atoms with Gasteiger partial charge in [-0.05, 0) is 45.9 Å². The lowest BCUT2D eigenvalue weighted by atomic mass is 9.99. The molecular weight excluding hydrogens is 136 g/mol. The van der Waals surface area contributed by atoms with Crippen LogP contribution in [0.1, 0.15) is 20.3 Å². The molecule has 0 aliphatic carbocycles. The Morgan fingerprint density at radius 1 is 1.36 bits per heavy atom. The van der Waals surface area contributed by atoms with E-state index in [9.17, 15) is 0 Å². The van der Waals surface area contributed by atoms with Gasteiger partial charge in [0.1, 0.15) is 0 Å². The molecule has 1 N–H and O–H groups in total. The van der Waals surface area contributed by atoms with Crippen molar-refractivity contribution in [2.24, 2.45) is 5.92 Å². The van der Waals surface area contributed by atoms with E-state index in [-0.39, 0.29) is 0 Å². The highest BCUT2D eigenvalue weighted by molar-refractivity contribution is 4.79. The second-order valence-corrected chi connectivity index (χ2v) is 3.67. The third-order valence-corrected chi connectivity index (χ3v) is 2.82. The average molecular weight is 156 g/mol. The van der Waals surface area contributed by atoms with Crippen LogP contribution in [0.5, 0.6) is 0 Å². The lowest BCUT2D eigenvalue weighted by Gasteiger charge is -2.39. The Hall–Kier alpha value is -0.0800. The van der Waals surface area contributed by atoms with E-state index in [2.05, 4.69) is 24.1 Å². The highest BCUT2D eigenvalue weighted by Gasteiger charge is 2.23. The Bertz CT molecular complexity index is 110. The topological polar surface area (TPSA) is 15.3 Å². The predicted molar refractivity (Wildman–Crippen MR) is 48.7 cm³/mol. The molecule has 1 fully saturated rings. The van der Waals surface area contributed by atoms with Crippen molar-refractivity contribution in [2.75, 3.05) is 26.7 Å². The van der Waals surface area contributed by atoms with Gasteiger partial charge >= 0.3 is 0 Å². The zero-order chi connectivity index (χ0) is 8.27. The molecule has 1 aliphatic heterocycles. The summed E-state index contributed by atoms with van der Waals surface area (Å²) in [4.78, 5) is 2.56. The third-order valence-electron chi connectivity index (χ3n) is 2.82. The van der Waals surface area contributed by atoms with Crippen LogP contribution in [0.4, 0.5) is 0 Å². The first-order chi connectivity index (χ1) is 5.25. The molecule has 11 heavy (non-hydrogen) atoms. The van der Waals surface area contributed by atoms with Gasteiger partial charge < -0.3 is 10.2 Å². The number of hydrogen-bond donors (Lipinski definition) is 1.